The van der Waals surface area contributed by atoms with Crippen LogP contribution in [0, 0.1) is 0 Å². The molecule has 2 aliphatic rings. The van der Waals surface area contributed by atoms with E-state index >= 15 is 0 Å². The molecule has 0 bridgehead atoms. The molecule has 2 N–H and O–H groups in total. The molecule has 0 spiro atoms. The zero-order valence-corrected chi connectivity index (χ0v) is 9.78. The van der Waals surface area contributed by atoms with Crippen molar-refractivity contribution in [1.82, 2.24) is 10.2 Å². The minimum absolute atomic E-state index is 0.0771. The first-order valence-corrected chi connectivity index (χ1v) is 6.41. The molecule has 2 saturated heterocycles. The summed E-state index contributed by atoms with van der Waals surface area (Å²) in [6.45, 7) is 5.46. The maximum Gasteiger partial charge on any atom is 0.0679 e. The van der Waals surface area contributed by atoms with Crippen LogP contribution < -0.4 is 5.32 Å². The minimum atomic E-state index is -0.0771. The molecule has 3 nitrogen and oxygen atoms in total. The first-order valence-electron chi connectivity index (χ1n) is 6.41. The molecule has 3 atom stereocenters. The number of hydrogen-bond acceptors (Lipinski definition) is 3. The first-order chi connectivity index (χ1) is 7.25. The molecule has 0 aromatic carbocycles. The summed E-state index contributed by atoms with van der Waals surface area (Å²) >= 11 is 0. The van der Waals surface area contributed by atoms with Gasteiger partial charge >= 0.3 is 0 Å². The Labute approximate surface area is 92.8 Å². The average molecular weight is 212 g/mol. The van der Waals surface area contributed by atoms with E-state index in [1.54, 1.807) is 0 Å². The maximum atomic E-state index is 9.50. The quantitative estimate of drug-likeness (QED) is 0.732. The van der Waals surface area contributed by atoms with Gasteiger partial charge in [-0.25, -0.2) is 0 Å². The van der Waals surface area contributed by atoms with Gasteiger partial charge in [0.2, 0.25) is 0 Å². The van der Waals surface area contributed by atoms with E-state index in [0.717, 1.165) is 19.5 Å². The average Bonchev–Trinajstić information content (AvgIpc) is 2.66. The van der Waals surface area contributed by atoms with E-state index < -0.39 is 0 Å². The number of hydrogen-bond donors (Lipinski definition) is 2. The van der Waals surface area contributed by atoms with Crippen LogP contribution >= 0.6 is 0 Å². The third-order valence-corrected chi connectivity index (χ3v) is 3.86. The molecule has 2 fully saturated rings. The highest BCUT2D eigenvalue weighted by Crippen LogP contribution is 2.18. The van der Waals surface area contributed by atoms with E-state index in [4.69, 9.17) is 0 Å². The van der Waals surface area contributed by atoms with Gasteiger partial charge in [0, 0.05) is 25.2 Å². The SMILES string of the molecule is CC(CC1CCCCN1)N1CCC(O)C1. The number of β-amino-alcohol motifs (C(OH)–C–C–N with tert-alkyl or cyclic N) is 1. The van der Waals surface area contributed by atoms with Crippen LogP contribution in [0.3, 0.4) is 0 Å². The number of likely N-dealkylation sites (tertiary alicyclic amines) is 1. The van der Waals surface area contributed by atoms with Crippen LogP contribution in [0.25, 0.3) is 0 Å². The fraction of sp³-hybridized carbons (Fsp3) is 1.00. The summed E-state index contributed by atoms with van der Waals surface area (Å²) in [5.41, 5.74) is 0. The molecule has 2 aliphatic heterocycles. The number of aliphatic hydroxyl groups is 1. The van der Waals surface area contributed by atoms with Crippen LogP contribution in [0.15, 0.2) is 0 Å². The minimum Gasteiger partial charge on any atom is -0.392 e. The van der Waals surface area contributed by atoms with Gasteiger partial charge in [-0.3, -0.25) is 4.90 Å². The van der Waals surface area contributed by atoms with Crippen LogP contribution in [-0.2, 0) is 0 Å². The van der Waals surface area contributed by atoms with Crippen molar-refractivity contribution in [2.45, 2.75) is 57.2 Å². The molecule has 0 saturated carbocycles. The summed E-state index contributed by atoms with van der Waals surface area (Å²) in [5.74, 6) is 0. The third-order valence-electron chi connectivity index (χ3n) is 3.86. The molecule has 0 amide bonds. The zero-order chi connectivity index (χ0) is 10.7. The molecule has 3 unspecified atom stereocenters. The molecule has 0 aromatic heterocycles. The summed E-state index contributed by atoms with van der Waals surface area (Å²) in [4.78, 5) is 2.43. The van der Waals surface area contributed by atoms with Crippen LogP contribution in [0.1, 0.15) is 39.0 Å². The van der Waals surface area contributed by atoms with Gasteiger partial charge < -0.3 is 10.4 Å². The van der Waals surface area contributed by atoms with Crippen molar-refractivity contribution in [3.8, 4) is 0 Å². The van der Waals surface area contributed by atoms with E-state index in [1.807, 2.05) is 0 Å². The van der Waals surface area contributed by atoms with Crippen molar-refractivity contribution >= 4 is 0 Å². The third kappa shape index (κ3) is 3.16. The van der Waals surface area contributed by atoms with E-state index in [9.17, 15) is 5.11 Å². The predicted molar refractivity (Wildman–Crippen MR) is 61.9 cm³/mol. The lowest BCUT2D eigenvalue weighted by Crippen LogP contribution is -2.41. The smallest absolute Gasteiger partial charge is 0.0679 e. The lowest BCUT2D eigenvalue weighted by molar-refractivity contribution is 0.154. The Bertz CT molecular complexity index is 192. The number of nitrogens with zero attached hydrogens (tertiary/aromatic N) is 1. The number of rotatable bonds is 3. The van der Waals surface area contributed by atoms with E-state index in [1.165, 1.54) is 32.2 Å². The second-order valence-corrected chi connectivity index (χ2v) is 5.17. The second kappa shape index (κ2) is 5.28. The summed E-state index contributed by atoms with van der Waals surface area (Å²) < 4.78 is 0. The number of nitrogens with one attached hydrogen (secondary N) is 1. The van der Waals surface area contributed by atoms with E-state index in [-0.39, 0.29) is 6.10 Å². The Morgan fingerprint density at radius 2 is 2.27 bits per heavy atom. The van der Waals surface area contributed by atoms with Crippen LogP contribution in [0.5, 0.6) is 0 Å². The predicted octanol–water partition coefficient (Wildman–Crippen LogP) is 0.974. The highest BCUT2D eigenvalue weighted by Gasteiger charge is 2.26. The monoisotopic (exact) mass is 212 g/mol. The molecule has 88 valence electrons. The Morgan fingerprint density at radius 3 is 2.87 bits per heavy atom. The van der Waals surface area contributed by atoms with Crippen molar-refractivity contribution in [2.24, 2.45) is 0 Å². The van der Waals surface area contributed by atoms with Gasteiger partial charge in [0.1, 0.15) is 0 Å². The van der Waals surface area contributed by atoms with Crippen molar-refractivity contribution < 1.29 is 5.11 Å². The summed E-state index contributed by atoms with van der Waals surface area (Å²) in [5, 5.41) is 13.1. The summed E-state index contributed by atoms with van der Waals surface area (Å²) in [6.07, 6.45) is 6.18. The maximum absolute atomic E-state index is 9.50. The normalized spacial score (nSPS) is 35.6. The van der Waals surface area contributed by atoms with Gasteiger partial charge in [-0.1, -0.05) is 6.42 Å². The van der Waals surface area contributed by atoms with Gasteiger partial charge in [0.25, 0.3) is 0 Å². The molecular weight excluding hydrogens is 188 g/mol. The molecule has 0 radical (unpaired) electrons. The van der Waals surface area contributed by atoms with Crippen molar-refractivity contribution in [3.05, 3.63) is 0 Å². The Hall–Kier alpha value is -0.120. The highest BCUT2D eigenvalue weighted by atomic mass is 16.3. The number of aliphatic hydroxyl groups excluding tert-OH is 1. The van der Waals surface area contributed by atoms with Gasteiger partial charge in [-0.05, 0) is 39.2 Å². The standard InChI is InChI=1S/C12H24N2O/c1-10(14-7-5-12(15)9-14)8-11-4-2-3-6-13-11/h10-13,15H,2-9H2,1H3. The lowest BCUT2D eigenvalue weighted by Gasteiger charge is -2.30. The molecule has 0 aromatic rings. The fourth-order valence-corrected chi connectivity index (χ4v) is 2.85. The van der Waals surface area contributed by atoms with Crippen LogP contribution in [-0.4, -0.2) is 47.8 Å². The lowest BCUT2D eigenvalue weighted by atomic mass is 9.98. The Balaban J connectivity index is 1.73. The fourth-order valence-electron chi connectivity index (χ4n) is 2.85. The molecular formula is C12H24N2O. The Kier molecular flexibility index (Phi) is 4.00. The van der Waals surface area contributed by atoms with Gasteiger partial charge in [-0.2, -0.15) is 0 Å². The first kappa shape index (κ1) is 11.4. The number of piperidine rings is 1. The summed E-state index contributed by atoms with van der Waals surface area (Å²) in [7, 11) is 0. The van der Waals surface area contributed by atoms with Crippen molar-refractivity contribution in [1.29, 1.82) is 0 Å². The second-order valence-electron chi connectivity index (χ2n) is 5.17. The zero-order valence-electron chi connectivity index (χ0n) is 9.78. The van der Waals surface area contributed by atoms with E-state index in [2.05, 4.69) is 17.1 Å². The molecule has 15 heavy (non-hydrogen) atoms. The summed E-state index contributed by atoms with van der Waals surface area (Å²) in [6, 6.07) is 1.34. The molecule has 2 heterocycles. The van der Waals surface area contributed by atoms with Gasteiger partial charge in [0.05, 0.1) is 6.10 Å². The molecule has 0 aliphatic carbocycles. The highest BCUT2D eigenvalue weighted by molar-refractivity contribution is 4.83. The van der Waals surface area contributed by atoms with Crippen LogP contribution in [0.2, 0.25) is 0 Å². The van der Waals surface area contributed by atoms with Crippen LogP contribution in [0.4, 0.5) is 0 Å². The van der Waals surface area contributed by atoms with E-state index in [0.29, 0.717) is 12.1 Å². The van der Waals surface area contributed by atoms with Crippen molar-refractivity contribution in [3.63, 3.8) is 0 Å². The largest absolute Gasteiger partial charge is 0.392 e. The molecule has 2 rings (SSSR count). The van der Waals surface area contributed by atoms with Gasteiger partial charge in [-0.15, -0.1) is 0 Å². The van der Waals surface area contributed by atoms with Gasteiger partial charge in [0.15, 0.2) is 0 Å². The Morgan fingerprint density at radius 1 is 1.40 bits per heavy atom. The topological polar surface area (TPSA) is 35.5 Å². The molecule has 3 heteroatoms. The van der Waals surface area contributed by atoms with Crippen molar-refractivity contribution in [2.75, 3.05) is 19.6 Å².